The van der Waals surface area contributed by atoms with Gasteiger partial charge in [-0.3, -0.25) is 0 Å². The van der Waals surface area contributed by atoms with E-state index in [4.69, 9.17) is 6.57 Å². The van der Waals surface area contributed by atoms with Crippen molar-refractivity contribution in [1.82, 2.24) is 9.97 Å². The molecule has 0 bridgehead atoms. The Balaban J connectivity index is 2.35. The van der Waals surface area contributed by atoms with Crippen molar-refractivity contribution in [3.63, 3.8) is 0 Å². The second kappa shape index (κ2) is 3.08. The van der Waals surface area contributed by atoms with Gasteiger partial charge in [0.2, 0.25) is 0 Å². The lowest BCUT2D eigenvalue weighted by Crippen LogP contribution is -2.31. The van der Waals surface area contributed by atoms with Crippen LogP contribution in [0, 0.1) is 6.57 Å². The molecule has 1 aromatic heterocycles. The third kappa shape index (κ3) is 1.33. The van der Waals surface area contributed by atoms with Gasteiger partial charge in [0.05, 0.1) is 12.4 Å². The Morgan fingerprint density at radius 1 is 1.38 bits per heavy atom. The highest BCUT2D eigenvalue weighted by atomic mass is 79.9. The lowest BCUT2D eigenvalue weighted by atomic mass is 9.75. The monoisotopic (exact) mass is 237 g/mol. The lowest BCUT2D eigenvalue weighted by Gasteiger charge is -2.28. The molecule has 13 heavy (non-hydrogen) atoms. The molecule has 2 rings (SSSR count). The van der Waals surface area contributed by atoms with Crippen LogP contribution in [0.15, 0.2) is 17.0 Å². The van der Waals surface area contributed by atoms with E-state index in [9.17, 15) is 0 Å². The minimum absolute atomic E-state index is 0.353. The van der Waals surface area contributed by atoms with Crippen LogP contribution < -0.4 is 0 Å². The standard InChI is InChI=1S/C9H8BrN3/c1-11-9(3-2-4-9)7-5-13-8(10)6-12-7/h5-6H,2-4H2. The summed E-state index contributed by atoms with van der Waals surface area (Å²) in [5.74, 6) is 0. The van der Waals surface area contributed by atoms with Crippen LogP contribution in [-0.2, 0) is 5.54 Å². The summed E-state index contributed by atoms with van der Waals surface area (Å²) in [7, 11) is 0. The zero-order chi connectivity index (χ0) is 9.31. The number of hydrogen-bond acceptors (Lipinski definition) is 2. The van der Waals surface area contributed by atoms with E-state index in [0.717, 1.165) is 29.6 Å². The van der Waals surface area contributed by atoms with E-state index in [1.54, 1.807) is 12.4 Å². The van der Waals surface area contributed by atoms with E-state index in [0.29, 0.717) is 0 Å². The van der Waals surface area contributed by atoms with Gasteiger partial charge < -0.3 is 4.85 Å². The summed E-state index contributed by atoms with van der Waals surface area (Å²) in [5, 5.41) is 0. The van der Waals surface area contributed by atoms with E-state index >= 15 is 0 Å². The van der Waals surface area contributed by atoms with Crippen molar-refractivity contribution in [3.05, 3.63) is 34.1 Å². The molecule has 1 saturated carbocycles. The van der Waals surface area contributed by atoms with Crippen LogP contribution in [-0.4, -0.2) is 9.97 Å². The number of hydrogen-bond donors (Lipinski definition) is 0. The van der Waals surface area contributed by atoms with E-state index < -0.39 is 0 Å². The minimum Gasteiger partial charge on any atom is -0.303 e. The van der Waals surface area contributed by atoms with Gasteiger partial charge in [0.25, 0.3) is 5.54 Å². The Morgan fingerprint density at radius 2 is 2.15 bits per heavy atom. The summed E-state index contributed by atoms with van der Waals surface area (Å²) < 4.78 is 0.718. The maximum absolute atomic E-state index is 7.14. The van der Waals surface area contributed by atoms with Crippen LogP contribution in [0.4, 0.5) is 0 Å². The first-order valence-corrected chi connectivity index (χ1v) is 4.93. The van der Waals surface area contributed by atoms with E-state index in [2.05, 4.69) is 30.7 Å². The van der Waals surface area contributed by atoms with Crippen LogP contribution in [0.5, 0.6) is 0 Å². The van der Waals surface area contributed by atoms with Crippen molar-refractivity contribution in [2.75, 3.05) is 0 Å². The van der Waals surface area contributed by atoms with Gasteiger partial charge >= 0.3 is 0 Å². The Morgan fingerprint density at radius 3 is 2.54 bits per heavy atom. The van der Waals surface area contributed by atoms with Gasteiger partial charge in [-0.05, 0) is 22.4 Å². The first-order valence-electron chi connectivity index (χ1n) is 4.13. The fourth-order valence-electron chi connectivity index (χ4n) is 1.49. The number of aromatic nitrogens is 2. The fraction of sp³-hybridized carbons (Fsp3) is 0.444. The molecule has 1 aliphatic carbocycles. The maximum Gasteiger partial charge on any atom is 0.275 e. The smallest absolute Gasteiger partial charge is 0.275 e. The maximum atomic E-state index is 7.14. The molecule has 66 valence electrons. The van der Waals surface area contributed by atoms with Crippen molar-refractivity contribution in [3.8, 4) is 0 Å². The molecule has 4 heteroatoms. The molecule has 0 spiro atoms. The van der Waals surface area contributed by atoms with Crippen molar-refractivity contribution in [2.24, 2.45) is 0 Å². The number of rotatable bonds is 1. The van der Waals surface area contributed by atoms with Gasteiger partial charge in [0, 0.05) is 12.8 Å². The van der Waals surface area contributed by atoms with Gasteiger partial charge in [-0.25, -0.2) is 16.5 Å². The van der Waals surface area contributed by atoms with E-state index in [1.165, 1.54) is 0 Å². The van der Waals surface area contributed by atoms with Crippen molar-refractivity contribution in [2.45, 2.75) is 24.8 Å². The minimum atomic E-state index is -0.353. The van der Waals surface area contributed by atoms with Gasteiger partial charge in [-0.15, -0.1) is 0 Å². The Hall–Kier alpha value is -0.950. The topological polar surface area (TPSA) is 30.1 Å². The molecule has 0 aromatic carbocycles. The molecule has 1 fully saturated rings. The van der Waals surface area contributed by atoms with Gasteiger partial charge in [-0.2, -0.15) is 0 Å². The van der Waals surface area contributed by atoms with E-state index in [1.807, 2.05) is 0 Å². The van der Waals surface area contributed by atoms with Crippen LogP contribution in [0.2, 0.25) is 0 Å². The van der Waals surface area contributed by atoms with Crippen molar-refractivity contribution in [1.29, 1.82) is 0 Å². The Kier molecular flexibility index (Phi) is 2.04. The summed E-state index contributed by atoms with van der Waals surface area (Å²) in [6.45, 7) is 7.14. The van der Waals surface area contributed by atoms with Crippen LogP contribution in [0.1, 0.15) is 25.0 Å². The summed E-state index contributed by atoms with van der Waals surface area (Å²) >= 11 is 3.22. The fourth-order valence-corrected chi connectivity index (χ4v) is 1.69. The molecule has 0 aliphatic heterocycles. The molecule has 0 amide bonds. The molecule has 0 atom stereocenters. The average molecular weight is 238 g/mol. The predicted octanol–water partition coefficient (Wildman–Crippen LogP) is 2.54. The van der Waals surface area contributed by atoms with Gasteiger partial charge in [0.1, 0.15) is 10.3 Å². The highest BCUT2D eigenvalue weighted by Crippen LogP contribution is 2.43. The van der Waals surface area contributed by atoms with Gasteiger partial charge in [-0.1, -0.05) is 0 Å². The summed E-state index contributed by atoms with van der Waals surface area (Å²) in [5.41, 5.74) is 0.463. The normalized spacial score (nSPS) is 18.8. The molecule has 3 nitrogen and oxygen atoms in total. The van der Waals surface area contributed by atoms with Crippen LogP contribution >= 0.6 is 15.9 Å². The molecule has 1 heterocycles. The molecule has 0 N–H and O–H groups in total. The van der Waals surface area contributed by atoms with Crippen molar-refractivity contribution >= 4 is 15.9 Å². The molecule has 0 unspecified atom stereocenters. The largest absolute Gasteiger partial charge is 0.303 e. The zero-order valence-corrected chi connectivity index (χ0v) is 8.58. The molecule has 1 aromatic rings. The predicted molar refractivity (Wildman–Crippen MR) is 51.9 cm³/mol. The summed E-state index contributed by atoms with van der Waals surface area (Å²) in [4.78, 5) is 12.0. The molecular formula is C9H8BrN3. The second-order valence-corrected chi connectivity index (χ2v) is 4.03. The SMILES string of the molecule is [C-]#[N+]C1(c2cnc(Br)cn2)CCC1. The van der Waals surface area contributed by atoms with Crippen LogP contribution in [0.3, 0.4) is 0 Å². The molecule has 0 radical (unpaired) electrons. The Bertz CT molecular complexity index is 348. The highest BCUT2D eigenvalue weighted by Gasteiger charge is 2.47. The quantitative estimate of drug-likeness (QED) is 0.703. The zero-order valence-electron chi connectivity index (χ0n) is 7.00. The third-order valence-corrected chi connectivity index (χ3v) is 2.90. The molecule has 0 saturated heterocycles. The summed E-state index contributed by atoms with van der Waals surface area (Å²) in [6.07, 6.45) is 6.32. The van der Waals surface area contributed by atoms with Crippen LogP contribution in [0.25, 0.3) is 4.85 Å². The van der Waals surface area contributed by atoms with Gasteiger partial charge in [0.15, 0.2) is 0 Å². The number of nitrogens with zero attached hydrogens (tertiary/aromatic N) is 3. The first-order chi connectivity index (χ1) is 6.27. The Labute approximate surface area is 85.2 Å². The highest BCUT2D eigenvalue weighted by molar-refractivity contribution is 9.10. The second-order valence-electron chi connectivity index (χ2n) is 3.22. The van der Waals surface area contributed by atoms with E-state index in [-0.39, 0.29) is 5.54 Å². The third-order valence-electron chi connectivity index (χ3n) is 2.49. The molecule has 1 aliphatic rings. The molecular weight excluding hydrogens is 230 g/mol. The first kappa shape index (κ1) is 8.64. The lowest BCUT2D eigenvalue weighted by molar-refractivity contribution is 0.301. The van der Waals surface area contributed by atoms with Crippen molar-refractivity contribution < 1.29 is 0 Å². The summed E-state index contributed by atoms with van der Waals surface area (Å²) in [6, 6.07) is 0. The average Bonchev–Trinajstić information content (AvgIpc) is 2.07. The number of halogens is 1.